The van der Waals surface area contributed by atoms with E-state index < -0.39 is 0 Å². The summed E-state index contributed by atoms with van der Waals surface area (Å²) in [5.74, 6) is 3.18. The summed E-state index contributed by atoms with van der Waals surface area (Å²) in [5.41, 5.74) is 1.25. The van der Waals surface area contributed by atoms with Crippen molar-refractivity contribution in [2.75, 3.05) is 13.7 Å². The van der Waals surface area contributed by atoms with Gasteiger partial charge in [0.1, 0.15) is 5.75 Å². The van der Waals surface area contributed by atoms with Gasteiger partial charge in [-0.05, 0) is 55.7 Å². The van der Waals surface area contributed by atoms with E-state index in [9.17, 15) is 0 Å². The Hall–Kier alpha value is -0.730. The molecule has 1 aliphatic rings. The van der Waals surface area contributed by atoms with Gasteiger partial charge in [0.25, 0.3) is 0 Å². The highest BCUT2D eigenvalue weighted by Crippen LogP contribution is 2.42. The molecule has 118 valence electrons. The Morgan fingerprint density at radius 2 is 1.90 bits per heavy atom. The lowest BCUT2D eigenvalue weighted by Gasteiger charge is -2.37. The summed E-state index contributed by atoms with van der Waals surface area (Å²) in [6.07, 6.45) is 3.93. The van der Waals surface area contributed by atoms with Crippen LogP contribution >= 0.6 is 11.6 Å². The van der Waals surface area contributed by atoms with Crippen molar-refractivity contribution >= 4 is 11.6 Å². The number of hydrogen-bond acceptors (Lipinski definition) is 2. The van der Waals surface area contributed by atoms with E-state index in [1.165, 1.54) is 24.8 Å². The zero-order chi connectivity index (χ0) is 15.4. The minimum Gasteiger partial charge on any atom is -0.496 e. The van der Waals surface area contributed by atoms with Crippen LogP contribution in [0.2, 0.25) is 5.02 Å². The molecule has 1 saturated carbocycles. The van der Waals surface area contributed by atoms with E-state index in [0.29, 0.717) is 12.0 Å². The summed E-state index contributed by atoms with van der Waals surface area (Å²) in [6.45, 7) is 7.90. The Morgan fingerprint density at radius 3 is 2.48 bits per heavy atom. The topological polar surface area (TPSA) is 21.3 Å². The molecule has 2 nitrogen and oxygen atoms in total. The first-order chi connectivity index (χ1) is 10.0. The molecule has 3 unspecified atom stereocenters. The van der Waals surface area contributed by atoms with Crippen LogP contribution in [0.1, 0.15) is 51.6 Å². The summed E-state index contributed by atoms with van der Waals surface area (Å²) in [5, 5.41) is 4.41. The van der Waals surface area contributed by atoms with E-state index in [2.05, 4.69) is 32.2 Å². The van der Waals surface area contributed by atoms with Crippen molar-refractivity contribution in [1.29, 1.82) is 0 Å². The number of hydrogen-bond donors (Lipinski definition) is 1. The zero-order valence-corrected chi connectivity index (χ0v) is 14.4. The summed E-state index contributed by atoms with van der Waals surface area (Å²) >= 11 is 6.11. The second-order valence-corrected chi connectivity index (χ2v) is 7.04. The molecular weight excluding hydrogens is 282 g/mol. The molecule has 0 radical (unpaired) electrons. The summed E-state index contributed by atoms with van der Waals surface area (Å²) < 4.78 is 5.57. The lowest BCUT2D eigenvalue weighted by Crippen LogP contribution is -2.33. The summed E-state index contributed by atoms with van der Waals surface area (Å²) in [4.78, 5) is 0. The van der Waals surface area contributed by atoms with Gasteiger partial charge in [-0.1, -0.05) is 38.4 Å². The fourth-order valence-electron chi connectivity index (χ4n) is 3.97. The summed E-state index contributed by atoms with van der Waals surface area (Å²) in [6, 6.07) is 6.38. The quantitative estimate of drug-likeness (QED) is 0.819. The van der Waals surface area contributed by atoms with Gasteiger partial charge >= 0.3 is 0 Å². The highest BCUT2D eigenvalue weighted by molar-refractivity contribution is 6.30. The van der Waals surface area contributed by atoms with Crippen molar-refractivity contribution in [3.05, 3.63) is 28.8 Å². The number of benzene rings is 1. The number of methoxy groups -OCH3 is 1. The lowest BCUT2D eigenvalue weighted by molar-refractivity contribution is 0.175. The van der Waals surface area contributed by atoms with Crippen LogP contribution in [-0.4, -0.2) is 13.7 Å². The van der Waals surface area contributed by atoms with E-state index >= 15 is 0 Å². The first-order valence-corrected chi connectivity index (χ1v) is 8.49. The molecule has 1 fully saturated rings. The van der Waals surface area contributed by atoms with Gasteiger partial charge in [0.2, 0.25) is 0 Å². The Balaban J connectivity index is 2.30. The zero-order valence-electron chi connectivity index (χ0n) is 13.7. The fraction of sp³-hybridized carbons (Fsp3) is 0.667. The molecule has 0 saturated heterocycles. The molecule has 0 bridgehead atoms. The molecule has 0 heterocycles. The van der Waals surface area contributed by atoms with Gasteiger partial charge < -0.3 is 10.1 Å². The van der Waals surface area contributed by atoms with Crippen molar-refractivity contribution in [1.82, 2.24) is 5.32 Å². The minimum absolute atomic E-state index is 0.354. The van der Waals surface area contributed by atoms with Gasteiger partial charge in [-0.3, -0.25) is 0 Å². The number of rotatable bonds is 5. The summed E-state index contributed by atoms with van der Waals surface area (Å²) in [7, 11) is 1.73. The maximum absolute atomic E-state index is 6.11. The maximum atomic E-state index is 6.11. The fourth-order valence-corrected chi connectivity index (χ4v) is 4.14. The Morgan fingerprint density at radius 1 is 1.24 bits per heavy atom. The van der Waals surface area contributed by atoms with Crippen LogP contribution in [0.15, 0.2) is 18.2 Å². The molecule has 0 spiro atoms. The van der Waals surface area contributed by atoms with Crippen LogP contribution < -0.4 is 10.1 Å². The predicted octanol–water partition coefficient (Wildman–Crippen LogP) is 5.07. The second-order valence-electron chi connectivity index (χ2n) is 6.60. The van der Waals surface area contributed by atoms with Crippen LogP contribution in [-0.2, 0) is 0 Å². The van der Waals surface area contributed by atoms with Crippen LogP contribution in [0, 0.1) is 17.8 Å². The van der Waals surface area contributed by atoms with Gasteiger partial charge in [0.05, 0.1) is 7.11 Å². The average molecular weight is 310 g/mol. The highest BCUT2D eigenvalue weighted by Gasteiger charge is 2.31. The monoisotopic (exact) mass is 309 g/mol. The van der Waals surface area contributed by atoms with Crippen LogP contribution in [0.4, 0.5) is 0 Å². The Kier molecular flexibility index (Phi) is 5.95. The molecule has 2 rings (SSSR count). The molecule has 1 aromatic rings. The lowest BCUT2D eigenvalue weighted by atomic mass is 9.72. The molecule has 21 heavy (non-hydrogen) atoms. The molecule has 1 aliphatic carbocycles. The van der Waals surface area contributed by atoms with E-state index in [1.54, 1.807) is 7.11 Å². The molecule has 1 aromatic carbocycles. The van der Waals surface area contributed by atoms with Crippen LogP contribution in [0.3, 0.4) is 0 Å². The molecule has 0 aliphatic heterocycles. The third-order valence-corrected chi connectivity index (χ3v) is 4.88. The van der Waals surface area contributed by atoms with Crippen LogP contribution in [0.5, 0.6) is 5.75 Å². The number of ether oxygens (including phenoxy) is 1. The van der Waals surface area contributed by atoms with Crippen LogP contribution in [0.25, 0.3) is 0 Å². The first-order valence-electron chi connectivity index (χ1n) is 8.11. The normalized spacial score (nSPS) is 27.4. The Labute approximate surface area is 134 Å². The first kappa shape index (κ1) is 16.6. The van der Waals surface area contributed by atoms with Gasteiger partial charge in [0, 0.05) is 16.6 Å². The predicted molar refractivity (Wildman–Crippen MR) is 90.1 cm³/mol. The van der Waals surface area contributed by atoms with E-state index in [4.69, 9.17) is 16.3 Å². The Bertz CT molecular complexity index is 453. The largest absolute Gasteiger partial charge is 0.496 e. The van der Waals surface area contributed by atoms with Crippen molar-refractivity contribution in [3.8, 4) is 5.75 Å². The third-order valence-electron chi connectivity index (χ3n) is 4.64. The third kappa shape index (κ3) is 4.14. The molecule has 3 heteroatoms. The van der Waals surface area contributed by atoms with Gasteiger partial charge in [-0.15, -0.1) is 0 Å². The highest BCUT2D eigenvalue weighted by atomic mass is 35.5. The number of nitrogens with one attached hydrogen (secondary N) is 1. The molecule has 1 N–H and O–H groups in total. The molecule has 3 atom stereocenters. The standard InChI is InChI=1S/C18H28ClNO/c1-5-20-18(14-9-12(2)8-13(3)10-14)16-7-6-15(19)11-17(16)21-4/h6-7,11-14,18,20H,5,8-10H2,1-4H3. The van der Waals surface area contributed by atoms with Gasteiger partial charge in [-0.2, -0.15) is 0 Å². The smallest absolute Gasteiger partial charge is 0.125 e. The average Bonchev–Trinajstić information content (AvgIpc) is 2.44. The maximum Gasteiger partial charge on any atom is 0.125 e. The van der Waals surface area contributed by atoms with Gasteiger partial charge in [-0.25, -0.2) is 0 Å². The SMILES string of the molecule is CCNC(c1ccc(Cl)cc1OC)C1CC(C)CC(C)C1. The molecule has 0 aromatic heterocycles. The van der Waals surface area contributed by atoms with E-state index in [0.717, 1.165) is 29.2 Å². The second kappa shape index (κ2) is 7.51. The molecular formula is C18H28ClNO. The van der Waals surface area contributed by atoms with Gasteiger partial charge in [0.15, 0.2) is 0 Å². The number of halogens is 1. The molecule has 0 amide bonds. The van der Waals surface area contributed by atoms with Crippen molar-refractivity contribution in [2.45, 2.75) is 46.1 Å². The van der Waals surface area contributed by atoms with E-state index in [1.807, 2.05) is 12.1 Å². The van der Waals surface area contributed by atoms with Crippen molar-refractivity contribution in [2.24, 2.45) is 17.8 Å². The minimum atomic E-state index is 0.354. The van der Waals surface area contributed by atoms with Crippen molar-refractivity contribution in [3.63, 3.8) is 0 Å². The van der Waals surface area contributed by atoms with E-state index in [-0.39, 0.29) is 0 Å². The van der Waals surface area contributed by atoms with Crippen molar-refractivity contribution < 1.29 is 4.74 Å².